The minimum atomic E-state index is -0.288. The van der Waals surface area contributed by atoms with Crippen molar-refractivity contribution in [2.75, 3.05) is 18.5 Å². The summed E-state index contributed by atoms with van der Waals surface area (Å²) in [5.74, 6) is 0.320. The maximum Gasteiger partial charge on any atom is 0.213 e. The molecule has 0 radical (unpaired) electrons. The largest absolute Gasteiger partial charge is 0.472 e. The van der Waals surface area contributed by atoms with Gasteiger partial charge in [-0.25, -0.2) is 9.37 Å². The van der Waals surface area contributed by atoms with E-state index in [4.69, 9.17) is 9.47 Å². The predicted octanol–water partition coefficient (Wildman–Crippen LogP) is 3.55. The van der Waals surface area contributed by atoms with Gasteiger partial charge in [-0.2, -0.15) is 0 Å². The van der Waals surface area contributed by atoms with E-state index in [-0.39, 0.29) is 11.9 Å². The molecule has 1 aromatic carbocycles. The van der Waals surface area contributed by atoms with E-state index in [0.717, 1.165) is 29.7 Å². The lowest BCUT2D eigenvalue weighted by atomic mass is 10.1. The Balaban J connectivity index is 1.48. The van der Waals surface area contributed by atoms with Gasteiger partial charge in [0.1, 0.15) is 11.9 Å². The maximum atomic E-state index is 13.3. The molecule has 1 unspecified atom stereocenters. The average molecular weight is 339 g/mol. The molecule has 25 heavy (non-hydrogen) atoms. The fourth-order valence-corrected chi connectivity index (χ4v) is 2.87. The van der Waals surface area contributed by atoms with Crippen LogP contribution < -0.4 is 10.1 Å². The van der Waals surface area contributed by atoms with Crippen molar-refractivity contribution in [3.8, 4) is 5.88 Å². The molecular formula is C19H18FN3O2. The third-order valence-electron chi connectivity index (χ3n) is 4.16. The van der Waals surface area contributed by atoms with Gasteiger partial charge in [-0.15, -0.1) is 0 Å². The molecule has 0 amide bonds. The van der Waals surface area contributed by atoms with Gasteiger partial charge in [-0.05, 0) is 29.8 Å². The minimum absolute atomic E-state index is 0.0785. The highest BCUT2D eigenvalue weighted by molar-refractivity contribution is 5.90. The Morgan fingerprint density at radius 3 is 2.96 bits per heavy atom. The summed E-state index contributed by atoms with van der Waals surface area (Å²) < 4.78 is 24.5. The molecule has 3 heterocycles. The van der Waals surface area contributed by atoms with E-state index in [9.17, 15) is 4.39 Å². The first-order chi connectivity index (χ1) is 12.3. The second kappa shape index (κ2) is 7.03. The number of aromatic nitrogens is 2. The first kappa shape index (κ1) is 15.8. The van der Waals surface area contributed by atoms with Gasteiger partial charge in [0.25, 0.3) is 0 Å². The zero-order chi connectivity index (χ0) is 17.1. The number of fused-ring (bicyclic) bond motifs is 1. The van der Waals surface area contributed by atoms with Gasteiger partial charge in [-0.1, -0.05) is 0 Å². The summed E-state index contributed by atoms with van der Waals surface area (Å²) >= 11 is 0. The first-order valence-electron chi connectivity index (χ1n) is 8.25. The van der Waals surface area contributed by atoms with Gasteiger partial charge in [0.05, 0.1) is 18.7 Å². The molecule has 3 aromatic rings. The smallest absolute Gasteiger partial charge is 0.213 e. The number of rotatable bonds is 5. The molecule has 1 aliphatic rings. The van der Waals surface area contributed by atoms with Crippen molar-refractivity contribution in [3.63, 3.8) is 0 Å². The van der Waals surface area contributed by atoms with Gasteiger partial charge >= 0.3 is 0 Å². The lowest BCUT2D eigenvalue weighted by Gasteiger charge is -2.13. The molecule has 6 heteroatoms. The van der Waals surface area contributed by atoms with Crippen molar-refractivity contribution in [1.29, 1.82) is 0 Å². The number of hydrogen-bond donors (Lipinski definition) is 1. The van der Waals surface area contributed by atoms with Crippen molar-refractivity contribution >= 4 is 16.6 Å². The molecule has 1 N–H and O–H groups in total. The third kappa shape index (κ3) is 3.69. The van der Waals surface area contributed by atoms with Gasteiger partial charge in [-0.3, -0.25) is 4.98 Å². The number of pyridine rings is 2. The molecule has 5 nitrogen and oxygen atoms in total. The second-order valence-electron chi connectivity index (χ2n) is 5.98. The Morgan fingerprint density at radius 2 is 2.08 bits per heavy atom. The van der Waals surface area contributed by atoms with Crippen LogP contribution in [0.3, 0.4) is 0 Å². The van der Waals surface area contributed by atoms with E-state index in [1.807, 2.05) is 18.2 Å². The van der Waals surface area contributed by atoms with E-state index in [0.29, 0.717) is 24.5 Å². The number of hydrogen-bond acceptors (Lipinski definition) is 5. The quantitative estimate of drug-likeness (QED) is 0.770. The molecule has 128 valence electrons. The summed E-state index contributed by atoms with van der Waals surface area (Å²) in [4.78, 5) is 8.47. The average Bonchev–Trinajstić information content (AvgIpc) is 3.13. The van der Waals surface area contributed by atoms with Crippen molar-refractivity contribution in [2.24, 2.45) is 0 Å². The number of nitrogens with one attached hydrogen (secondary N) is 1. The van der Waals surface area contributed by atoms with E-state index in [1.54, 1.807) is 18.5 Å². The molecular weight excluding hydrogens is 321 g/mol. The summed E-state index contributed by atoms with van der Waals surface area (Å²) in [6.45, 7) is 1.96. The summed E-state index contributed by atoms with van der Waals surface area (Å²) in [5, 5.41) is 4.26. The topological polar surface area (TPSA) is 56.3 Å². The lowest BCUT2D eigenvalue weighted by molar-refractivity contribution is 0.138. The number of nitrogens with zero attached hydrogens (tertiary/aromatic N) is 2. The van der Waals surface area contributed by atoms with Crippen LogP contribution in [0.4, 0.5) is 10.1 Å². The van der Waals surface area contributed by atoms with Crippen molar-refractivity contribution in [1.82, 2.24) is 9.97 Å². The van der Waals surface area contributed by atoms with Gasteiger partial charge in [0.2, 0.25) is 5.88 Å². The van der Waals surface area contributed by atoms with Crippen LogP contribution in [0, 0.1) is 5.82 Å². The first-order valence-corrected chi connectivity index (χ1v) is 8.25. The Bertz CT molecular complexity index is 881. The number of ether oxygens (including phenoxy) is 2. The van der Waals surface area contributed by atoms with Gasteiger partial charge in [0.15, 0.2) is 0 Å². The molecule has 0 aliphatic carbocycles. The van der Waals surface area contributed by atoms with E-state index >= 15 is 0 Å². The number of benzene rings is 1. The lowest BCUT2D eigenvalue weighted by Crippen LogP contribution is -2.16. The Morgan fingerprint density at radius 1 is 1.16 bits per heavy atom. The van der Waals surface area contributed by atoms with Crippen LogP contribution in [-0.2, 0) is 11.3 Å². The van der Waals surface area contributed by atoms with Crippen LogP contribution in [0.5, 0.6) is 5.88 Å². The van der Waals surface area contributed by atoms with Crippen LogP contribution >= 0.6 is 0 Å². The van der Waals surface area contributed by atoms with Crippen LogP contribution in [0.1, 0.15) is 12.0 Å². The van der Waals surface area contributed by atoms with E-state index in [1.165, 1.54) is 12.1 Å². The number of anilines is 1. The monoisotopic (exact) mass is 339 g/mol. The van der Waals surface area contributed by atoms with Crippen molar-refractivity contribution < 1.29 is 13.9 Å². The molecule has 1 aliphatic heterocycles. The molecule has 0 bridgehead atoms. The van der Waals surface area contributed by atoms with Crippen molar-refractivity contribution in [2.45, 2.75) is 19.1 Å². The standard InChI is InChI=1S/C19H18FN3O2/c20-14-1-2-16-17(4-7-21-18(16)10-14)23-11-13-3-6-22-19(9-13)25-15-5-8-24-12-15/h1-4,6-7,9-10,15H,5,8,11-12H2,(H,21,23). The third-order valence-corrected chi connectivity index (χ3v) is 4.16. The van der Waals surface area contributed by atoms with Crippen LogP contribution in [0.2, 0.25) is 0 Å². The van der Waals surface area contributed by atoms with Crippen LogP contribution in [0.15, 0.2) is 48.8 Å². The van der Waals surface area contributed by atoms with Crippen LogP contribution in [0.25, 0.3) is 10.9 Å². The predicted molar refractivity (Wildman–Crippen MR) is 93.1 cm³/mol. The molecule has 4 rings (SSSR count). The minimum Gasteiger partial charge on any atom is -0.472 e. The molecule has 0 spiro atoms. The fraction of sp³-hybridized carbons (Fsp3) is 0.263. The van der Waals surface area contributed by atoms with Gasteiger partial charge in [0, 0.05) is 48.6 Å². The molecule has 2 aromatic heterocycles. The summed E-state index contributed by atoms with van der Waals surface area (Å²) in [7, 11) is 0. The summed E-state index contributed by atoms with van der Waals surface area (Å²) in [6, 6.07) is 10.4. The zero-order valence-electron chi connectivity index (χ0n) is 13.6. The summed E-state index contributed by atoms with van der Waals surface area (Å²) in [5.41, 5.74) is 2.59. The highest BCUT2D eigenvalue weighted by Crippen LogP contribution is 2.23. The van der Waals surface area contributed by atoms with E-state index in [2.05, 4.69) is 15.3 Å². The van der Waals surface area contributed by atoms with Crippen LogP contribution in [-0.4, -0.2) is 29.3 Å². The number of halogens is 1. The maximum absolute atomic E-state index is 13.3. The molecule has 1 atom stereocenters. The van der Waals surface area contributed by atoms with E-state index < -0.39 is 0 Å². The normalized spacial score (nSPS) is 16.9. The molecule has 0 saturated carbocycles. The Labute approximate surface area is 144 Å². The Hall–Kier alpha value is -2.73. The zero-order valence-corrected chi connectivity index (χ0v) is 13.6. The SMILES string of the molecule is Fc1ccc2c(NCc3ccnc(OC4CCOC4)c3)ccnc2c1. The molecule has 1 saturated heterocycles. The fourth-order valence-electron chi connectivity index (χ4n) is 2.87. The van der Waals surface area contributed by atoms with Gasteiger partial charge < -0.3 is 14.8 Å². The van der Waals surface area contributed by atoms with Crippen molar-refractivity contribution in [3.05, 3.63) is 60.2 Å². The second-order valence-corrected chi connectivity index (χ2v) is 5.98. The highest BCUT2D eigenvalue weighted by atomic mass is 19.1. The molecule has 1 fully saturated rings. The highest BCUT2D eigenvalue weighted by Gasteiger charge is 2.17. The Kier molecular flexibility index (Phi) is 4.43. The summed E-state index contributed by atoms with van der Waals surface area (Å²) in [6.07, 6.45) is 4.38.